The molecule has 2 aromatic heterocycles. The monoisotopic (exact) mass is 391 g/mol. The maximum atomic E-state index is 13.0. The average molecular weight is 391 g/mol. The van der Waals surface area contributed by atoms with Gasteiger partial charge < -0.3 is 0 Å². The Morgan fingerprint density at radius 3 is 2.54 bits per heavy atom. The van der Waals surface area contributed by atoms with Crippen molar-refractivity contribution in [1.82, 2.24) is 14.6 Å². The van der Waals surface area contributed by atoms with Gasteiger partial charge in [0.05, 0.1) is 4.53 Å². The summed E-state index contributed by atoms with van der Waals surface area (Å²) in [6.45, 7) is 0. The van der Waals surface area contributed by atoms with Crippen molar-refractivity contribution in [3.05, 3.63) is 109 Å². The van der Waals surface area contributed by atoms with E-state index in [9.17, 15) is 14.0 Å². The molecule has 28 heavy (non-hydrogen) atoms. The van der Waals surface area contributed by atoms with E-state index in [4.69, 9.17) is 0 Å². The third-order valence-corrected chi connectivity index (χ3v) is 5.05. The minimum atomic E-state index is -0.489. The number of rotatable bonds is 4. The van der Waals surface area contributed by atoms with Gasteiger partial charge in [-0.1, -0.05) is 66.0 Å². The minimum absolute atomic E-state index is 0.144. The van der Waals surface area contributed by atoms with Crippen LogP contribution >= 0.6 is 11.3 Å². The van der Waals surface area contributed by atoms with Crippen molar-refractivity contribution >= 4 is 28.4 Å². The summed E-state index contributed by atoms with van der Waals surface area (Å²) < 4.78 is 14.6. The van der Waals surface area contributed by atoms with Crippen LogP contribution in [0.5, 0.6) is 0 Å². The van der Waals surface area contributed by atoms with Crippen LogP contribution in [0.3, 0.4) is 0 Å². The fourth-order valence-electron chi connectivity index (χ4n) is 2.67. The van der Waals surface area contributed by atoms with Gasteiger partial charge in [-0.15, -0.1) is 0 Å². The number of aromatic nitrogens is 3. The molecule has 0 aliphatic heterocycles. The lowest BCUT2D eigenvalue weighted by atomic mass is 10.1. The largest absolute Gasteiger partial charge is 0.296 e. The molecule has 4 aromatic rings. The normalized spacial score (nSPS) is 12.2. The van der Waals surface area contributed by atoms with Crippen molar-refractivity contribution in [2.45, 2.75) is 6.42 Å². The Morgan fingerprint density at radius 2 is 1.79 bits per heavy atom. The van der Waals surface area contributed by atoms with Crippen LogP contribution in [-0.2, 0) is 6.42 Å². The number of hydrogen-bond acceptors (Lipinski definition) is 5. The van der Waals surface area contributed by atoms with Crippen LogP contribution in [0.1, 0.15) is 16.8 Å². The Balaban J connectivity index is 1.70. The van der Waals surface area contributed by atoms with Crippen molar-refractivity contribution in [2.75, 3.05) is 0 Å². The predicted molar refractivity (Wildman–Crippen MR) is 108 cm³/mol. The zero-order chi connectivity index (χ0) is 19.5. The van der Waals surface area contributed by atoms with Crippen LogP contribution < -0.4 is 15.7 Å². The van der Waals surface area contributed by atoms with Crippen molar-refractivity contribution in [3.63, 3.8) is 0 Å². The second kappa shape index (κ2) is 7.66. The lowest BCUT2D eigenvalue weighted by molar-refractivity contribution is 0.627. The first-order valence-corrected chi connectivity index (χ1v) is 9.32. The van der Waals surface area contributed by atoms with E-state index in [1.807, 2.05) is 36.4 Å². The summed E-state index contributed by atoms with van der Waals surface area (Å²) >= 11 is 1.11. The Hall–Kier alpha value is -3.45. The van der Waals surface area contributed by atoms with E-state index in [-0.39, 0.29) is 28.5 Å². The first-order chi connectivity index (χ1) is 13.6. The van der Waals surface area contributed by atoms with Crippen LogP contribution in [0.2, 0.25) is 0 Å². The average Bonchev–Trinajstić information content (AvgIpc) is 3.00. The molecule has 0 N–H and O–H groups in total. The second-order valence-electron chi connectivity index (χ2n) is 6.07. The Kier molecular flexibility index (Phi) is 4.90. The van der Waals surface area contributed by atoms with Crippen molar-refractivity contribution in [1.29, 1.82) is 0 Å². The molecule has 0 bridgehead atoms. The number of benzene rings is 2. The molecule has 2 heterocycles. The summed E-state index contributed by atoms with van der Waals surface area (Å²) in [5.41, 5.74) is 1.06. The summed E-state index contributed by atoms with van der Waals surface area (Å²) in [4.78, 5) is 29.1. The highest BCUT2D eigenvalue weighted by molar-refractivity contribution is 7.15. The van der Waals surface area contributed by atoms with Crippen molar-refractivity contribution in [2.24, 2.45) is 0 Å². The molecular weight excluding hydrogens is 377 g/mol. The van der Waals surface area contributed by atoms with Crippen molar-refractivity contribution < 1.29 is 4.39 Å². The summed E-state index contributed by atoms with van der Waals surface area (Å²) in [6, 6.07) is 15.5. The number of hydrogen-bond donors (Lipinski definition) is 0. The number of halogens is 1. The molecule has 0 saturated heterocycles. The lowest BCUT2D eigenvalue weighted by Gasteiger charge is -2.00. The number of thiazole rings is 1. The van der Waals surface area contributed by atoms with Gasteiger partial charge in [0.25, 0.3) is 11.1 Å². The molecule has 0 saturated carbocycles. The van der Waals surface area contributed by atoms with E-state index in [1.165, 1.54) is 12.1 Å². The van der Waals surface area contributed by atoms with E-state index in [0.717, 1.165) is 21.4 Å². The van der Waals surface area contributed by atoms with Crippen LogP contribution in [-0.4, -0.2) is 14.6 Å². The SMILES string of the molecule is O=c1nc2sc(=CC=Cc3ccccc3)c(=O)n2nc1Cc1ccc(F)cc1. The topological polar surface area (TPSA) is 64.3 Å². The third-order valence-electron chi connectivity index (χ3n) is 4.07. The molecule has 0 fully saturated rings. The molecule has 0 spiro atoms. The highest BCUT2D eigenvalue weighted by Gasteiger charge is 2.11. The van der Waals surface area contributed by atoms with Gasteiger partial charge in [0.2, 0.25) is 4.96 Å². The molecule has 4 rings (SSSR count). The standard InChI is InChI=1S/C21H14FN3O2S/c22-16-11-9-15(10-12-16)13-17-19(26)23-21-25(24-17)20(27)18(28-21)8-4-7-14-5-2-1-3-6-14/h1-12H,13H2. The van der Waals surface area contributed by atoms with E-state index in [0.29, 0.717) is 10.1 Å². The predicted octanol–water partition coefficient (Wildman–Crippen LogP) is 2.45. The molecule has 2 aromatic carbocycles. The zero-order valence-electron chi connectivity index (χ0n) is 14.6. The molecule has 0 aliphatic rings. The summed E-state index contributed by atoms with van der Waals surface area (Å²) in [5, 5.41) is 4.18. The quantitative estimate of drug-likeness (QED) is 0.536. The molecule has 0 aliphatic carbocycles. The summed E-state index contributed by atoms with van der Waals surface area (Å²) in [7, 11) is 0. The molecule has 7 heteroatoms. The molecule has 0 amide bonds. The maximum Gasteiger partial charge on any atom is 0.296 e. The zero-order valence-corrected chi connectivity index (χ0v) is 15.4. The highest BCUT2D eigenvalue weighted by atomic mass is 32.1. The van der Waals surface area contributed by atoms with Gasteiger partial charge in [-0.05, 0) is 29.3 Å². The molecule has 0 radical (unpaired) electrons. The van der Waals surface area contributed by atoms with E-state index >= 15 is 0 Å². The first-order valence-electron chi connectivity index (χ1n) is 8.51. The first kappa shape index (κ1) is 17.9. The Labute approximate surface area is 162 Å². The molecule has 0 unspecified atom stereocenters. The second-order valence-corrected chi connectivity index (χ2v) is 7.08. The van der Waals surface area contributed by atoms with Gasteiger partial charge >= 0.3 is 0 Å². The van der Waals surface area contributed by atoms with E-state index in [2.05, 4.69) is 10.1 Å². The van der Waals surface area contributed by atoms with Gasteiger partial charge in [0.1, 0.15) is 11.5 Å². The maximum absolute atomic E-state index is 13.0. The number of fused-ring (bicyclic) bond motifs is 1. The molecule has 138 valence electrons. The summed E-state index contributed by atoms with van der Waals surface area (Å²) in [6.07, 6.45) is 5.52. The van der Waals surface area contributed by atoms with E-state index < -0.39 is 5.56 Å². The molecule has 5 nitrogen and oxygen atoms in total. The van der Waals surface area contributed by atoms with Crippen LogP contribution in [0.15, 0.2) is 70.3 Å². The lowest BCUT2D eigenvalue weighted by Crippen LogP contribution is -2.27. The van der Waals surface area contributed by atoms with Crippen LogP contribution in [0.4, 0.5) is 4.39 Å². The van der Waals surface area contributed by atoms with Crippen LogP contribution in [0, 0.1) is 5.82 Å². The van der Waals surface area contributed by atoms with Gasteiger partial charge in [-0.2, -0.15) is 14.6 Å². The smallest absolute Gasteiger partial charge is 0.266 e. The number of nitrogens with zero attached hydrogens (tertiary/aromatic N) is 3. The van der Waals surface area contributed by atoms with Crippen molar-refractivity contribution in [3.8, 4) is 0 Å². The highest BCUT2D eigenvalue weighted by Crippen LogP contribution is 2.07. The van der Waals surface area contributed by atoms with Gasteiger partial charge in [0, 0.05) is 6.42 Å². The minimum Gasteiger partial charge on any atom is -0.266 e. The van der Waals surface area contributed by atoms with Gasteiger partial charge in [-0.3, -0.25) is 9.59 Å². The van der Waals surface area contributed by atoms with E-state index in [1.54, 1.807) is 24.3 Å². The fraction of sp³-hybridized carbons (Fsp3) is 0.0476. The van der Waals surface area contributed by atoms with Crippen LogP contribution in [0.25, 0.3) is 17.1 Å². The number of allylic oxidation sites excluding steroid dienone is 1. The Morgan fingerprint density at radius 1 is 1.04 bits per heavy atom. The molecule has 0 atom stereocenters. The fourth-order valence-corrected chi connectivity index (χ4v) is 3.53. The molecular formula is C21H14FN3O2S. The Bertz CT molecular complexity index is 1330. The van der Waals surface area contributed by atoms with Gasteiger partial charge in [-0.25, -0.2) is 4.39 Å². The van der Waals surface area contributed by atoms with Gasteiger partial charge in [0.15, 0.2) is 0 Å². The third kappa shape index (κ3) is 3.79. The summed E-state index contributed by atoms with van der Waals surface area (Å²) in [5.74, 6) is -0.356.